The molecule has 4 nitrogen and oxygen atoms in total. The zero-order valence-corrected chi connectivity index (χ0v) is 20.7. The van der Waals surface area contributed by atoms with Gasteiger partial charge in [-0.15, -0.1) is 0 Å². The molecular formula is C29H37N3O. The largest absolute Gasteiger partial charge is 0.293 e. The predicted molar refractivity (Wildman–Crippen MR) is 137 cm³/mol. The van der Waals surface area contributed by atoms with E-state index in [2.05, 4.69) is 69.0 Å². The van der Waals surface area contributed by atoms with Gasteiger partial charge in [-0.1, -0.05) is 54.7 Å². The summed E-state index contributed by atoms with van der Waals surface area (Å²) in [7, 11) is 0. The van der Waals surface area contributed by atoms with Crippen LogP contribution in [0.3, 0.4) is 0 Å². The molecule has 0 unspecified atom stereocenters. The number of likely N-dealkylation sites (tertiary alicyclic amines) is 1. The molecule has 0 bridgehead atoms. The minimum atomic E-state index is -0.348. The van der Waals surface area contributed by atoms with Gasteiger partial charge in [-0.25, -0.2) is 4.99 Å². The van der Waals surface area contributed by atoms with Gasteiger partial charge in [-0.3, -0.25) is 14.6 Å². The van der Waals surface area contributed by atoms with Gasteiger partial charge in [0.15, 0.2) is 0 Å². The number of hydrogen-bond donors (Lipinski definition) is 0. The van der Waals surface area contributed by atoms with Crippen molar-refractivity contribution in [2.45, 2.75) is 78.7 Å². The minimum absolute atomic E-state index is 0.0641. The van der Waals surface area contributed by atoms with Gasteiger partial charge in [0, 0.05) is 0 Å². The zero-order chi connectivity index (χ0) is 23.2. The number of hydrogen-bond acceptors (Lipinski definition) is 3. The Hall–Kier alpha value is -2.46. The fourth-order valence-corrected chi connectivity index (χ4v) is 6.51. The average Bonchev–Trinajstić information content (AvgIpc) is 3.38. The summed E-state index contributed by atoms with van der Waals surface area (Å²) in [5.41, 5.74) is 6.46. The van der Waals surface area contributed by atoms with Crippen molar-refractivity contribution in [3.63, 3.8) is 0 Å². The van der Waals surface area contributed by atoms with Crippen LogP contribution < -0.4 is 4.90 Å². The van der Waals surface area contributed by atoms with Crippen LogP contribution in [0.15, 0.2) is 41.4 Å². The summed E-state index contributed by atoms with van der Waals surface area (Å²) >= 11 is 0. The lowest BCUT2D eigenvalue weighted by atomic mass is 9.69. The van der Waals surface area contributed by atoms with Crippen molar-refractivity contribution in [2.75, 3.05) is 18.0 Å². The number of benzene rings is 2. The molecule has 3 fully saturated rings. The normalized spacial score (nSPS) is 24.4. The summed E-state index contributed by atoms with van der Waals surface area (Å²) in [5, 5.41) is 0. The summed E-state index contributed by atoms with van der Waals surface area (Å²) in [6, 6.07) is 12.9. The molecule has 1 spiro atoms. The Bertz CT molecular complexity index is 1050. The van der Waals surface area contributed by atoms with Crippen molar-refractivity contribution >= 4 is 23.1 Å². The molecule has 0 N–H and O–H groups in total. The first-order valence-electron chi connectivity index (χ1n) is 12.7. The molecule has 2 aromatic carbocycles. The first-order valence-corrected chi connectivity index (χ1v) is 12.7. The molecule has 0 radical (unpaired) electrons. The summed E-state index contributed by atoms with van der Waals surface area (Å²) in [4.78, 5) is 24.3. The number of amidine groups is 1. The van der Waals surface area contributed by atoms with Crippen molar-refractivity contribution in [2.24, 2.45) is 10.4 Å². The van der Waals surface area contributed by atoms with Crippen LogP contribution in [0, 0.1) is 33.1 Å². The number of anilines is 1. The third-order valence-corrected chi connectivity index (χ3v) is 8.03. The van der Waals surface area contributed by atoms with Crippen molar-refractivity contribution < 1.29 is 4.79 Å². The summed E-state index contributed by atoms with van der Waals surface area (Å²) in [5.74, 6) is 1.21. The second-order valence-electron chi connectivity index (χ2n) is 10.6. The predicted octanol–water partition coefficient (Wildman–Crippen LogP) is 6.41. The molecule has 1 saturated carbocycles. The summed E-state index contributed by atoms with van der Waals surface area (Å²) < 4.78 is 0. The van der Waals surface area contributed by atoms with E-state index in [1.807, 2.05) is 4.90 Å². The molecule has 33 heavy (non-hydrogen) atoms. The number of carbonyl (C=O) groups is 1. The highest BCUT2D eigenvalue weighted by molar-refractivity contribution is 6.27. The molecule has 1 amide bonds. The SMILES string of the molecule is Cc1ccc(N2C(=O)C3(CCCCC3)[C@H](N3CCCC3)C2=Nc2c(C)cc(C)cc2C)cc1. The number of aliphatic imine (C=N–C) groups is 1. The highest BCUT2D eigenvalue weighted by atomic mass is 16.2. The van der Waals surface area contributed by atoms with Crippen LogP contribution in [-0.2, 0) is 4.79 Å². The average molecular weight is 444 g/mol. The summed E-state index contributed by atoms with van der Waals surface area (Å²) in [6.45, 7) is 10.7. The Balaban J connectivity index is 1.73. The van der Waals surface area contributed by atoms with Crippen LogP contribution in [0.4, 0.5) is 11.4 Å². The number of amides is 1. The molecule has 3 aliphatic rings. The van der Waals surface area contributed by atoms with E-state index in [1.165, 1.54) is 41.5 Å². The van der Waals surface area contributed by atoms with E-state index in [-0.39, 0.29) is 17.4 Å². The van der Waals surface area contributed by atoms with Crippen LogP contribution in [-0.4, -0.2) is 35.8 Å². The van der Waals surface area contributed by atoms with Crippen molar-refractivity contribution in [3.05, 3.63) is 58.7 Å². The molecule has 1 atom stereocenters. The van der Waals surface area contributed by atoms with E-state index in [1.54, 1.807) is 0 Å². The summed E-state index contributed by atoms with van der Waals surface area (Å²) in [6.07, 6.45) is 7.86. The topological polar surface area (TPSA) is 35.9 Å². The quantitative estimate of drug-likeness (QED) is 0.549. The van der Waals surface area contributed by atoms with Crippen LogP contribution in [0.2, 0.25) is 0 Å². The van der Waals surface area contributed by atoms with Crippen LogP contribution in [0.1, 0.15) is 67.2 Å². The molecule has 2 aliphatic heterocycles. The van der Waals surface area contributed by atoms with E-state index in [4.69, 9.17) is 4.99 Å². The standard InChI is InChI=1S/C29H37N3O/c1-20-10-12-24(13-11-20)32-27(30-25-22(3)18-21(2)19-23(25)4)26(31-16-8-9-17-31)29(28(32)33)14-6-5-7-15-29/h10-13,18-19,26H,5-9,14-17H2,1-4H3/t26-/m1/s1. The molecule has 5 rings (SSSR count). The van der Waals surface area contributed by atoms with Gasteiger partial charge in [0.05, 0.1) is 22.8 Å². The van der Waals surface area contributed by atoms with Crippen LogP contribution >= 0.6 is 0 Å². The van der Waals surface area contributed by atoms with Gasteiger partial charge in [0.1, 0.15) is 5.84 Å². The maximum absolute atomic E-state index is 14.4. The second kappa shape index (κ2) is 8.72. The third kappa shape index (κ3) is 3.82. The minimum Gasteiger partial charge on any atom is -0.293 e. The lowest BCUT2D eigenvalue weighted by molar-refractivity contribution is -0.129. The molecule has 0 aromatic heterocycles. The van der Waals surface area contributed by atoms with E-state index in [0.29, 0.717) is 0 Å². The Morgan fingerprint density at radius 3 is 2.03 bits per heavy atom. The number of rotatable bonds is 3. The smallest absolute Gasteiger partial charge is 0.240 e. The second-order valence-corrected chi connectivity index (χ2v) is 10.6. The number of aryl methyl sites for hydroxylation is 4. The number of nitrogens with zero attached hydrogens (tertiary/aromatic N) is 3. The van der Waals surface area contributed by atoms with Gasteiger partial charge in [0.2, 0.25) is 5.91 Å². The Kier molecular flexibility index (Phi) is 5.90. The Morgan fingerprint density at radius 1 is 0.818 bits per heavy atom. The molecule has 4 heteroatoms. The highest BCUT2D eigenvalue weighted by Crippen LogP contribution is 2.50. The molecule has 174 valence electrons. The Labute approximate surface area is 198 Å². The first-order chi connectivity index (χ1) is 15.9. The van der Waals surface area contributed by atoms with Gasteiger partial charge < -0.3 is 0 Å². The zero-order valence-electron chi connectivity index (χ0n) is 20.7. The molecule has 2 heterocycles. The fraction of sp³-hybridized carbons (Fsp3) is 0.517. The fourth-order valence-electron chi connectivity index (χ4n) is 6.51. The van der Waals surface area contributed by atoms with Gasteiger partial charge in [-0.2, -0.15) is 0 Å². The van der Waals surface area contributed by atoms with Crippen molar-refractivity contribution in [3.8, 4) is 0 Å². The van der Waals surface area contributed by atoms with Gasteiger partial charge in [-0.05, 0) is 89.7 Å². The van der Waals surface area contributed by atoms with E-state index in [0.717, 1.165) is 56.0 Å². The van der Waals surface area contributed by atoms with E-state index in [9.17, 15) is 4.79 Å². The van der Waals surface area contributed by atoms with Crippen molar-refractivity contribution in [1.82, 2.24) is 4.90 Å². The molecule has 2 saturated heterocycles. The van der Waals surface area contributed by atoms with Crippen molar-refractivity contribution in [1.29, 1.82) is 0 Å². The lowest BCUT2D eigenvalue weighted by Gasteiger charge is -2.39. The lowest BCUT2D eigenvalue weighted by Crippen LogP contribution is -2.50. The maximum Gasteiger partial charge on any atom is 0.240 e. The Morgan fingerprint density at radius 2 is 1.42 bits per heavy atom. The van der Waals surface area contributed by atoms with Crippen LogP contribution in [0.5, 0.6) is 0 Å². The third-order valence-electron chi connectivity index (χ3n) is 8.03. The number of carbonyl (C=O) groups excluding carboxylic acids is 1. The maximum atomic E-state index is 14.4. The van der Waals surface area contributed by atoms with Gasteiger partial charge in [0.25, 0.3) is 0 Å². The molecule has 1 aliphatic carbocycles. The van der Waals surface area contributed by atoms with Crippen LogP contribution in [0.25, 0.3) is 0 Å². The van der Waals surface area contributed by atoms with E-state index >= 15 is 0 Å². The first kappa shape index (κ1) is 22.3. The highest BCUT2D eigenvalue weighted by Gasteiger charge is 2.60. The molecule has 2 aromatic rings. The van der Waals surface area contributed by atoms with Gasteiger partial charge >= 0.3 is 0 Å². The molecular weight excluding hydrogens is 406 g/mol. The van der Waals surface area contributed by atoms with E-state index < -0.39 is 0 Å². The monoisotopic (exact) mass is 443 g/mol.